The predicted molar refractivity (Wildman–Crippen MR) is 112 cm³/mol. The number of alkyl halides is 3. The third-order valence-corrected chi connectivity index (χ3v) is 7.88. The van der Waals surface area contributed by atoms with Crippen molar-refractivity contribution >= 4 is 48.5 Å². The van der Waals surface area contributed by atoms with Crippen LogP contribution in [0.1, 0.15) is 33.6 Å². The van der Waals surface area contributed by atoms with Gasteiger partial charge in [-0.3, -0.25) is 14.9 Å². The molecule has 1 aliphatic heterocycles. The number of halogens is 3. The number of hydrogen-bond donors (Lipinski definition) is 1. The fourth-order valence-electron chi connectivity index (χ4n) is 3.44. The highest BCUT2D eigenvalue weighted by Gasteiger charge is 2.48. The first-order chi connectivity index (χ1) is 15.5. The SMILES string of the molecule is O=C(Nc1nc2ccc(OCC(F)(F)F)cc2s1)c1ccc2c(c1)S(=O)(=O)N(C1CC1)C2=O. The summed E-state index contributed by atoms with van der Waals surface area (Å²) in [5.41, 5.74) is 0.498. The van der Waals surface area contributed by atoms with Gasteiger partial charge in [-0.25, -0.2) is 17.7 Å². The van der Waals surface area contributed by atoms with Crippen LogP contribution in [0.4, 0.5) is 18.3 Å². The molecule has 2 aliphatic rings. The standard InChI is InChI=1S/C20H14F3N3O5S2/c21-20(22,23)9-31-12-4-6-14-15(8-12)32-19(24-14)25-17(27)10-1-5-13-16(7-10)33(29,30)26(18(13)28)11-2-3-11/h1,4-8,11H,2-3,9H2,(H,24,25,27). The third kappa shape index (κ3) is 4.02. The van der Waals surface area contributed by atoms with Crippen LogP contribution in [0.2, 0.25) is 0 Å². The molecule has 13 heteroatoms. The maximum absolute atomic E-state index is 12.8. The summed E-state index contributed by atoms with van der Waals surface area (Å²) in [4.78, 5) is 29.2. The molecule has 0 saturated heterocycles. The second-order valence-electron chi connectivity index (χ2n) is 7.55. The van der Waals surface area contributed by atoms with Crippen molar-refractivity contribution in [2.45, 2.75) is 30.0 Å². The number of fused-ring (bicyclic) bond motifs is 2. The van der Waals surface area contributed by atoms with Crippen LogP contribution in [0.3, 0.4) is 0 Å². The van der Waals surface area contributed by atoms with E-state index in [-0.39, 0.29) is 32.9 Å². The van der Waals surface area contributed by atoms with E-state index in [1.54, 1.807) is 0 Å². The molecule has 1 fully saturated rings. The Morgan fingerprint density at radius 2 is 1.97 bits per heavy atom. The number of hydrogen-bond acceptors (Lipinski definition) is 7. The van der Waals surface area contributed by atoms with Crippen LogP contribution in [-0.2, 0) is 10.0 Å². The molecule has 2 aromatic carbocycles. The maximum Gasteiger partial charge on any atom is 0.422 e. The summed E-state index contributed by atoms with van der Waals surface area (Å²) < 4.78 is 68.6. The highest BCUT2D eigenvalue weighted by atomic mass is 32.2. The van der Waals surface area contributed by atoms with Gasteiger partial charge in [0, 0.05) is 11.6 Å². The number of aromatic nitrogens is 1. The van der Waals surface area contributed by atoms with E-state index in [0.29, 0.717) is 23.1 Å². The number of benzene rings is 2. The molecule has 33 heavy (non-hydrogen) atoms. The topological polar surface area (TPSA) is 106 Å². The van der Waals surface area contributed by atoms with Gasteiger partial charge in [-0.05, 0) is 49.2 Å². The number of ether oxygens (including phenoxy) is 1. The van der Waals surface area contributed by atoms with Crippen molar-refractivity contribution in [1.82, 2.24) is 9.29 Å². The molecular weight excluding hydrogens is 483 g/mol. The highest BCUT2D eigenvalue weighted by molar-refractivity contribution is 7.90. The Balaban J connectivity index is 1.36. The number of carbonyl (C=O) groups is 2. The van der Waals surface area contributed by atoms with Crippen molar-refractivity contribution in [3.63, 3.8) is 0 Å². The first-order valence-corrected chi connectivity index (χ1v) is 11.9. The van der Waals surface area contributed by atoms with E-state index in [2.05, 4.69) is 10.3 Å². The summed E-state index contributed by atoms with van der Waals surface area (Å²) in [7, 11) is -4.01. The van der Waals surface area contributed by atoms with Crippen LogP contribution in [0.15, 0.2) is 41.3 Å². The average molecular weight is 497 g/mol. The van der Waals surface area contributed by atoms with Crippen LogP contribution < -0.4 is 10.1 Å². The summed E-state index contributed by atoms with van der Waals surface area (Å²) in [5, 5.41) is 2.72. The average Bonchev–Trinajstić information content (AvgIpc) is 3.45. The molecule has 1 N–H and O–H groups in total. The lowest BCUT2D eigenvalue weighted by atomic mass is 10.1. The Morgan fingerprint density at radius 1 is 1.21 bits per heavy atom. The van der Waals surface area contributed by atoms with E-state index in [4.69, 9.17) is 4.74 Å². The Labute approximate surface area is 189 Å². The summed E-state index contributed by atoms with van der Waals surface area (Å²) in [6.45, 7) is -1.43. The first-order valence-electron chi connectivity index (χ1n) is 9.67. The van der Waals surface area contributed by atoms with E-state index in [9.17, 15) is 31.2 Å². The fourth-order valence-corrected chi connectivity index (χ4v) is 6.17. The lowest BCUT2D eigenvalue weighted by molar-refractivity contribution is -0.153. The van der Waals surface area contributed by atoms with Crippen molar-refractivity contribution in [2.75, 3.05) is 11.9 Å². The molecule has 0 atom stereocenters. The van der Waals surface area contributed by atoms with Crippen molar-refractivity contribution < 1.29 is 35.9 Å². The molecule has 2 amide bonds. The zero-order chi connectivity index (χ0) is 23.5. The van der Waals surface area contributed by atoms with Gasteiger partial charge in [-0.2, -0.15) is 13.2 Å². The van der Waals surface area contributed by atoms with E-state index in [1.807, 2.05) is 0 Å². The zero-order valence-corrected chi connectivity index (χ0v) is 18.2. The molecule has 172 valence electrons. The number of sulfonamides is 1. The molecule has 3 aromatic rings. The molecule has 0 unspecified atom stereocenters. The van der Waals surface area contributed by atoms with Gasteiger partial charge in [0.25, 0.3) is 21.8 Å². The fraction of sp³-hybridized carbons (Fsp3) is 0.250. The smallest absolute Gasteiger partial charge is 0.422 e. The number of nitrogens with one attached hydrogen (secondary N) is 1. The second-order valence-corrected chi connectivity index (χ2v) is 10.4. The molecule has 1 saturated carbocycles. The molecule has 0 radical (unpaired) electrons. The van der Waals surface area contributed by atoms with Crippen LogP contribution in [0.25, 0.3) is 10.2 Å². The van der Waals surface area contributed by atoms with Gasteiger partial charge in [0.15, 0.2) is 11.7 Å². The maximum atomic E-state index is 12.8. The van der Waals surface area contributed by atoms with Crippen LogP contribution in [0.5, 0.6) is 5.75 Å². The van der Waals surface area contributed by atoms with Gasteiger partial charge in [0.1, 0.15) is 10.6 Å². The van der Waals surface area contributed by atoms with Gasteiger partial charge < -0.3 is 4.74 Å². The predicted octanol–water partition coefficient (Wildman–Crippen LogP) is 3.80. The Hall–Kier alpha value is -3.19. The van der Waals surface area contributed by atoms with Gasteiger partial charge in [0.05, 0.1) is 15.8 Å². The summed E-state index contributed by atoms with van der Waals surface area (Å²) in [6, 6.07) is 7.69. The Kier molecular flexibility index (Phi) is 4.86. The lowest BCUT2D eigenvalue weighted by Gasteiger charge is -2.13. The largest absolute Gasteiger partial charge is 0.484 e. The summed E-state index contributed by atoms with van der Waals surface area (Å²) in [5.74, 6) is -1.22. The minimum atomic E-state index is -4.47. The number of carbonyl (C=O) groups excluding carboxylic acids is 2. The lowest BCUT2D eigenvalue weighted by Crippen LogP contribution is -2.31. The normalized spacial score (nSPS) is 17.3. The Bertz CT molecular complexity index is 1410. The monoisotopic (exact) mass is 497 g/mol. The Morgan fingerprint density at radius 3 is 2.67 bits per heavy atom. The van der Waals surface area contributed by atoms with Gasteiger partial charge in [0.2, 0.25) is 0 Å². The van der Waals surface area contributed by atoms with Crippen molar-refractivity contribution in [2.24, 2.45) is 0 Å². The van der Waals surface area contributed by atoms with E-state index < -0.39 is 34.6 Å². The highest BCUT2D eigenvalue weighted by Crippen LogP contribution is 2.40. The van der Waals surface area contributed by atoms with Crippen LogP contribution in [-0.4, -0.2) is 48.3 Å². The summed E-state index contributed by atoms with van der Waals surface area (Å²) in [6.07, 6.45) is -3.23. The third-order valence-electron chi connectivity index (χ3n) is 5.07. The van der Waals surface area contributed by atoms with Gasteiger partial charge >= 0.3 is 6.18 Å². The van der Waals surface area contributed by atoms with E-state index in [1.165, 1.54) is 30.3 Å². The molecular formula is C20H14F3N3O5S2. The van der Waals surface area contributed by atoms with Gasteiger partial charge in [-0.15, -0.1) is 0 Å². The number of amides is 2. The van der Waals surface area contributed by atoms with Crippen LogP contribution in [0, 0.1) is 0 Å². The van der Waals surface area contributed by atoms with Crippen LogP contribution >= 0.6 is 11.3 Å². The second kappa shape index (κ2) is 7.42. The minimum absolute atomic E-state index is 0.00932. The molecule has 1 aliphatic carbocycles. The number of rotatable bonds is 5. The number of nitrogens with zero attached hydrogens (tertiary/aromatic N) is 2. The molecule has 8 nitrogen and oxygen atoms in total. The van der Waals surface area contributed by atoms with Crippen molar-refractivity contribution in [3.05, 3.63) is 47.5 Å². The molecule has 0 bridgehead atoms. The molecule has 2 heterocycles. The zero-order valence-electron chi connectivity index (χ0n) is 16.5. The quantitative estimate of drug-likeness (QED) is 0.575. The molecule has 1 aromatic heterocycles. The van der Waals surface area contributed by atoms with E-state index >= 15 is 0 Å². The van der Waals surface area contributed by atoms with Gasteiger partial charge in [-0.1, -0.05) is 11.3 Å². The number of thiazole rings is 1. The molecule has 5 rings (SSSR count). The van der Waals surface area contributed by atoms with Crippen molar-refractivity contribution in [1.29, 1.82) is 0 Å². The minimum Gasteiger partial charge on any atom is -0.484 e. The van der Waals surface area contributed by atoms with E-state index in [0.717, 1.165) is 21.7 Å². The van der Waals surface area contributed by atoms with Crippen molar-refractivity contribution in [3.8, 4) is 5.75 Å². The first kappa shape index (κ1) is 21.6. The summed E-state index contributed by atoms with van der Waals surface area (Å²) >= 11 is 1.02. The number of anilines is 1. The molecule has 0 spiro atoms.